The first kappa shape index (κ1) is 13.3. The van der Waals surface area contributed by atoms with Crippen molar-refractivity contribution in [3.05, 3.63) is 40.2 Å². The summed E-state index contributed by atoms with van der Waals surface area (Å²) in [5, 5.41) is 12.0. The molecule has 20 heavy (non-hydrogen) atoms. The lowest BCUT2D eigenvalue weighted by Gasteiger charge is -2.21. The Labute approximate surface area is 122 Å². The van der Waals surface area contributed by atoms with Crippen LogP contribution in [0.15, 0.2) is 29.6 Å². The maximum absolute atomic E-state index is 8.81. The van der Waals surface area contributed by atoms with Gasteiger partial charge < -0.3 is 4.74 Å². The van der Waals surface area contributed by atoms with Crippen molar-refractivity contribution in [3.8, 4) is 17.3 Å². The van der Waals surface area contributed by atoms with Crippen LogP contribution in [0.3, 0.4) is 0 Å². The van der Waals surface area contributed by atoms with Crippen LogP contribution in [-0.2, 0) is 11.2 Å². The number of nitrogens with zero attached hydrogens (tertiary/aromatic N) is 2. The Bertz CT molecular complexity index is 606. The SMILES string of the molecule is N#Cc1ccc(-c2csc(CC3CCCCO3)n2)cc1. The van der Waals surface area contributed by atoms with Gasteiger partial charge in [-0.3, -0.25) is 0 Å². The summed E-state index contributed by atoms with van der Waals surface area (Å²) < 4.78 is 5.76. The molecule has 0 bridgehead atoms. The molecule has 4 heteroatoms. The van der Waals surface area contributed by atoms with Crippen molar-refractivity contribution in [1.82, 2.24) is 4.98 Å². The minimum atomic E-state index is 0.337. The van der Waals surface area contributed by atoms with Crippen molar-refractivity contribution in [2.45, 2.75) is 31.8 Å². The van der Waals surface area contributed by atoms with Crippen LogP contribution in [-0.4, -0.2) is 17.7 Å². The van der Waals surface area contributed by atoms with Crippen LogP contribution in [0.2, 0.25) is 0 Å². The lowest BCUT2D eigenvalue weighted by atomic mass is 10.1. The van der Waals surface area contributed by atoms with Crippen LogP contribution in [0.1, 0.15) is 29.8 Å². The van der Waals surface area contributed by atoms with Gasteiger partial charge in [-0.25, -0.2) is 4.98 Å². The van der Waals surface area contributed by atoms with Crippen LogP contribution in [0, 0.1) is 11.3 Å². The summed E-state index contributed by atoms with van der Waals surface area (Å²) in [6.45, 7) is 0.887. The van der Waals surface area contributed by atoms with E-state index in [1.54, 1.807) is 11.3 Å². The molecule has 1 saturated heterocycles. The van der Waals surface area contributed by atoms with E-state index < -0.39 is 0 Å². The van der Waals surface area contributed by atoms with Gasteiger partial charge in [0.15, 0.2) is 0 Å². The van der Waals surface area contributed by atoms with Gasteiger partial charge in [-0.15, -0.1) is 11.3 Å². The second-order valence-electron chi connectivity index (χ2n) is 5.01. The zero-order chi connectivity index (χ0) is 13.8. The van der Waals surface area contributed by atoms with Crippen molar-refractivity contribution in [1.29, 1.82) is 5.26 Å². The molecule has 1 aromatic heterocycles. The zero-order valence-corrected chi connectivity index (χ0v) is 12.0. The summed E-state index contributed by atoms with van der Waals surface area (Å²) in [5.41, 5.74) is 2.74. The zero-order valence-electron chi connectivity index (χ0n) is 11.2. The van der Waals surface area contributed by atoms with Gasteiger partial charge in [0.1, 0.15) is 0 Å². The van der Waals surface area contributed by atoms with Crippen molar-refractivity contribution < 1.29 is 4.74 Å². The fraction of sp³-hybridized carbons (Fsp3) is 0.375. The topological polar surface area (TPSA) is 45.9 Å². The van der Waals surface area contributed by atoms with E-state index in [0.29, 0.717) is 11.7 Å². The Morgan fingerprint density at radius 1 is 1.30 bits per heavy atom. The average Bonchev–Trinajstić information content (AvgIpc) is 2.97. The van der Waals surface area contributed by atoms with E-state index in [0.717, 1.165) is 35.7 Å². The minimum absolute atomic E-state index is 0.337. The predicted molar refractivity (Wildman–Crippen MR) is 79.6 cm³/mol. The quantitative estimate of drug-likeness (QED) is 0.861. The molecule has 0 amide bonds. The van der Waals surface area contributed by atoms with Crippen molar-refractivity contribution in [2.75, 3.05) is 6.61 Å². The molecule has 3 rings (SSSR count). The molecule has 1 atom stereocenters. The third-order valence-electron chi connectivity index (χ3n) is 3.54. The van der Waals surface area contributed by atoms with Gasteiger partial charge in [0.05, 0.1) is 28.4 Å². The fourth-order valence-corrected chi connectivity index (χ4v) is 3.29. The minimum Gasteiger partial charge on any atom is -0.378 e. The monoisotopic (exact) mass is 284 g/mol. The highest BCUT2D eigenvalue weighted by molar-refractivity contribution is 7.09. The molecule has 0 N–H and O–H groups in total. The number of hydrogen-bond donors (Lipinski definition) is 0. The Hall–Kier alpha value is -1.70. The molecule has 0 radical (unpaired) electrons. The maximum atomic E-state index is 8.81. The van der Waals surface area contributed by atoms with Gasteiger partial charge in [-0.05, 0) is 31.4 Å². The first-order chi connectivity index (χ1) is 9.85. The first-order valence-corrected chi connectivity index (χ1v) is 7.79. The van der Waals surface area contributed by atoms with E-state index in [1.807, 2.05) is 24.3 Å². The maximum Gasteiger partial charge on any atom is 0.0991 e. The number of benzene rings is 1. The molecule has 1 aliphatic heterocycles. The molecule has 1 fully saturated rings. The van der Waals surface area contributed by atoms with Gasteiger partial charge in [0.25, 0.3) is 0 Å². The molecule has 1 aliphatic rings. The van der Waals surface area contributed by atoms with E-state index in [1.165, 1.54) is 12.8 Å². The van der Waals surface area contributed by atoms with Gasteiger partial charge >= 0.3 is 0 Å². The third kappa shape index (κ3) is 3.06. The summed E-state index contributed by atoms with van der Waals surface area (Å²) in [4.78, 5) is 4.69. The lowest BCUT2D eigenvalue weighted by Crippen LogP contribution is -2.21. The van der Waals surface area contributed by atoms with E-state index in [-0.39, 0.29) is 0 Å². The molecular weight excluding hydrogens is 268 g/mol. The van der Waals surface area contributed by atoms with Crippen molar-refractivity contribution in [2.24, 2.45) is 0 Å². The second kappa shape index (κ2) is 6.17. The number of nitriles is 1. The molecule has 102 valence electrons. The molecule has 2 heterocycles. The number of aromatic nitrogens is 1. The Morgan fingerprint density at radius 2 is 2.15 bits per heavy atom. The second-order valence-corrected chi connectivity index (χ2v) is 5.95. The van der Waals surface area contributed by atoms with Crippen LogP contribution in [0.5, 0.6) is 0 Å². The van der Waals surface area contributed by atoms with E-state index in [4.69, 9.17) is 10.00 Å². The molecule has 1 unspecified atom stereocenters. The Morgan fingerprint density at radius 3 is 2.85 bits per heavy atom. The smallest absolute Gasteiger partial charge is 0.0991 e. The normalized spacial score (nSPS) is 18.6. The molecule has 0 saturated carbocycles. The molecule has 0 aliphatic carbocycles. The first-order valence-electron chi connectivity index (χ1n) is 6.92. The number of rotatable bonds is 3. The average molecular weight is 284 g/mol. The number of ether oxygens (including phenoxy) is 1. The van der Waals surface area contributed by atoms with Crippen molar-refractivity contribution >= 4 is 11.3 Å². The summed E-state index contributed by atoms with van der Waals surface area (Å²) in [6.07, 6.45) is 4.85. The highest BCUT2D eigenvalue weighted by atomic mass is 32.1. The summed E-state index contributed by atoms with van der Waals surface area (Å²) >= 11 is 1.69. The summed E-state index contributed by atoms with van der Waals surface area (Å²) in [7, 11) is 0. The summed E-state index contributed by atoms with van der Waals surface area (Å²) in [6, 6.07) is 9.70. The van der Waals surface area contributed by atoms with E-state index >= 15 is 0 Å². The number of hydrogen-bond acceptors (Lipinski definition) is 4. The van der Waals surface area contributed by atoms with E-state index in [9.17, 15) is 0 Å². The predicted octanol–water partition coefficient (Wildman–Crippen LogP) is 3.79. The third-order valence-corrected chi connectivity index (χ3v) is 4.41. The van der Waals surface area contributed by atoms with Crippen LogP contribution in [0.4, 0.5) is 0 Å². The fourth-order valence-electron chi connectivity index (χ4n) is 2.42. The highest BCUT2D eigenvalue weighted by Crippen LogP contribution is 2.25. The van der Waals surface area contributed by atoms with Gasteiger partial charge in [0, 0.05) is 24.0 Å². The van der Waals surface area contributed by atoms with Crippen LogP contribution in [0.25, 0.3) is 11.3 Å². The molecule has 1 aromatic carbocycles. The summed E-state index contributed by atoms with van der Waals surface area (Å²) in [5.74, 6) is 0. The molecular formula is C16H16N2OS. The molecule has 0 spiro atoms. The van der Waals surface area contributed by atoms with E-state index in [2.05, 4.69) is 16.4 Å². The lowest BCUT2D eigenvalue weighted by molar-refractivity contribution is 0.0168. The molecule has 3 nitrogen and oxygen atoms in total. The van der Waals surface area contributed by atoms with Crippen LogP contribution < -0.4 is 0 Å². The number of thiazole rings is 1. The Balaban J connectivity index is 1.70. The van der Waals surface area contributed by atoms with Crippen LogP contribution >= 0.6 is 11.3 Å². The van der Waals surface area contributed by atoms with Crippen molar-refractivity contribution in [3.63, 3.8) is 0 Å². The van der Waals surface area contributed by atoms with Gasteiger partial charge in [-0.2, -0.15) is 5.26 Å². The molecule has 2 aromatic rings. The standard InChI is InChI=1S/C16H16N2OS/c17-10-12-4-6-13(7-5-12)15-11-20-16(18-15)9-14-3-1-2-8-19-14/h4-7,11,14H,1-3,8-9H2. The highest BCUT2D eigenvalue weighted by Gasteiger charge is 2.16. The van der Waals surface area contributed by atoms with Gasteiger partial charge in [0.2, 0.25) is 0 Å². The van der Waals surface area contributed by atoms with Gasteiger partial charge in [-0.1, -0.05) is 12.1 Å². The Kier molecular flexibility index (Phi) is 4.10. The largest absolute Gasteiger partial charge is 0.378 e.